The lowest BCUT2D eigenvalue weighted by molar-refractivity contribution is -0.154. The van der Waals surface area contributed by atoms with Gasteiger partial charge in [-0.05, 0) is 59.2 Å². The molecule has 0 saturated carbocycles. The topological polar surface area (TPSA) is 65.7 Å². The number of hydrogen-bond donors (Lipinski definition) is 0. The van der Waals surface area contributed by atoms with Crippen LogP contribution in [0.4, 0.5) is 13.2 Å². The molecule has 0 saturated heterocycles. The van der Waals surface area contributed by atoms with Gasteiger partial charge in [-0.15, -0.1) is 0 Å². The van der Waals surface area contributed by atoms with Gasteiger partial charge in [0.2, 0.25) is 11.2 Å². The number of aryl methyl sites for hydroxylation is 1. The predicted octanol–water partition coefficient (Wildman–Crippen LogP) is 7.68. The Kier molecular flexibility index (Phi) is 6.46. The Balaban J connectivity index is 1.45. The Hall–Kier alpha value is -4.85. The fourth-order valence-corrected chi connectivity index (χ4v) is 4.00. The standard InChI is InChI=1S/C30H19F3O5/c1-18-6-4-10-21(16-18)37-28-27(35)24-14-13-22(17-25(24)38-29(28)30(31,32)33)36-26(34)15-12-20-9-5-8-19-7-2-3-11-23(19)20/h2-17H,1H3. The molecule has 1 aromatic heterocycles. The summed E-state index contributed by atoms with van der Waals surface area (Å²) in [6.45, 7) is 1.74. The van der Waals surface area contributed by atoms with Crippen LogP contribution in [0.2, 0.25) is 0 Å². The molecular formula is C30H19F3O5. The molecule has 0 aliphatic heterocycles. The largest absolute Gasteiger partial charge is 0.453 e. The fourth-order valence-electron chi connectivity index (χ4n) is 4.00. The number of carbonyl (C=O) groups excluding carboxylic acids is 1. The van der Waals surface area contributed by atoms with Gasteiger partial charge in [0.05, 0.1) is 5.39 Å². The number of esters is 1. The summed E-state index contributed by atoms with van der Waals surface area (Å²) in [5.41, 5.74) is 0.124. The van der Waals surface area contributed by atoms with Gasteiger partial charge in [0.25, 0.3) is 5.76 Å². The molecule has 8 heteroatoms. The van der Waals surface area contributed by atoms with Gasteiger partial charge in [-0.3, -0.25) is 4.79 Å². The highest BCUT2D eigenvalue weighted by Gasteiger charge is 2.40. The van der Waals surface area contributed by atoms with E-state index in [0.29, 0.717) is 0 Å². The number of hydrogen-bond acceptors (Lipinski definition) is 5. The summed E-state index contributed by atoms with van der Waals surface area (Å²) in [6.07, 6.45) is -2.22. The number of halogens is 3. The molecule has 0 bridgehead atoms. The van der Waals surface area contributed by atoms with Crippen molar-refractivity contribution in [3.63, 3.8) is 0 Å². The van der Waals surface area contributed by atoms with Crippen LogP contribution in [0, 0.1) is 6.92 Å². The first-order valence-corrected chi connectivity index (χ1v) is 11.5. The summed E-state index contributed by atoms with van der Waals surface area (Å²) >= 11 is 0. The van der Waals surface area contributed by atoms with Gasteiger partial charge in [-0.1, -0.05) is 54.6 Å². The quantitative estimate of drug-likeness (QED) is 0.136. The van der Waals surface area contributed by atoms with E-state index in [4.69, 9.17) is 13.9 Å². The molecule has 5 rings (SSSR count). The number of ether oxygens (including phenoxy) is 2. The first kappa shape index (κ1) is 24.8. The summed E-state index contributed by atoms with van der Waals surface area (Å²) in [5, 5.41) is 1.78. The summed E-state index contributed by atoms with van der Waals surface area (Å²) in [5.74, 6) is -3.34. The molecule has 0 spiro atoms. The van der Waals surface area contributed by atoms with Gasteiger partial charge in [0.15, 0.2) is 0 Å². The number of rotatable bonds is 5. The van der Waals surface area contributed by atoms with E-state index >= 15 is 0 Å². The van der Waals surface area contributed by atoms with Crippen molar-refractivity contribution in [3.05, 3.63) is 118 Å². The Labute approximate surface area is 214 Å². The second-order valence-electron chi connectivity index (χ2n) is 8.49. The van der Waals surface area contributed by atoms with Crippen molar-refractivity contribution in [2.75, 3.05) is 0 Å². The number of carbonyl (C=O) groups is 1. The van der Waals surface area contributed by atoms with Crippen LogP contribution in [0.15, 0.2) is 100 Å². The monoisotopic (exact) mass is 516 g/mol. The van der Waals surface area contributed by atoms with E-state index in [0.717, 1.165) is 28.0 Å². The van der Waals surface area contributed by atoms with Crippen molar-refractivity contribution >= 4 is 33.8 Å². The molecule has 5 nitrogen and oxygen atoms in total. The highest BCUT2D eigenvalue weighted by molar-refractivity contribution is 5.95. The maximum atomic E-state index is 13.8. The number of fused-ring (bicyclic) bond motifs is 2. The van der Waals surface area contributed by atoms with Crippen molar-refractivity contribution in [2.45, 2.75) is 13.1 Å². The summed E-state index contributed by atoms with van der Waals surface area (Å²) in [6, 6.07) is 23.1. The first-order chi connectivity index (χ1) is 18.2. The Morgan fingerprint density at radius 1 is 0.868 bits per heavy atom. The van der Waals surface area contributed by atoms with Crippen LogP contribution >= 0.6 is 0 Å². The van der Waals surface area contributed by atoms with E-state index in [2.05, 4.69) is 0 Å². The van der Waals surface area contributed by atoms with E-state index in [-0.39, 0.29) is 16.9 Å². The third-order valence-corrected chi connectivity index (χ3v) is 5.73. The molecule has 0 aliphatic rings. The molecule has 1 heterocycles. The Morgan fingerprint density at radius 2 is 1.63 bits per heavy atom. The lowest BCUT2D eigenvalue weighted by atomic mass is 10.0. The Bertz CT molecular complexity index is 1760. The number of alkyl halides is 3. The molecule has 0 aliphatic carbocycles. The van der Waals surface area contributed by atoms with E-state index in [1.165, 1.54) is 30.3 Å². The average Bonchev–Trinajstić information content (AvgIpc) is 2.88. The normalized spacial score (nSPS) is 11.8. The van der Waals surface area contributed by atoms with Gasteiger partial charge >= 0.3 is 12.1 Å². The molecule has 5 aromatic rings. The van der Waals surface area contributed by atoms with Gasteiger partial charge < -0.3 is 13.9 Å². The second kappa shape index (κ2) is 9.89. The first-order valence-electron chi connectivity index (χ1n) is 11.5. The minimum absolute atomic E-state index is 0.0608. The molecule has 0 amide bonds. The van der Waals surface area contributed by atoms with Crippen LogP contribution < -0.4 is 14.9 Å². The van der Waals surface area contributed by atoms with E-state index < -0.39 is 34.7 Å². The third kappa shape index (κ3) is 5.15. The number of benzene rings is 4. The van der Waals surface area contributed by atoms with Crippen LogP contribution in [0.3, 0.4) is 0 Å². The molecule has 0 fully saturated rings. The zero-order valence-electron chi connectivity index (χ0n) is 19.9. The van der Waals surface area contributed by atoms with Crippen LogP contribution in [0.5, 0.6) is 17.2 Å². The predicted molar refractivity (Wildman–Crippen MR) is 137 cm³/mol. The summed E-state index contributed by atoms with van der Waals surface area (Å²) < 4.78 is 57.1. The highest BCUT2D eigenvalue weighted by atomic mass is 19.4. The van der Waals surface area contributed by atoms with E-state index in [1.54, 1.807) is 25.1 Å². The lowest BCUT2D eigenvalue weighted by Gasteiger charge is -2.13. The third-order valence-electron chi connectivity index (χ3n) is 5.73. The minimum Gasteiger partial charge on any atom is -0.449 e. The highest BCUT2D eigenvalue weighted by Crippen LogP contribution is 2.38. The molecule has 4 aromatic carbocycles. The molecule has 0 N–H and O–H groups in total. The van der Waals surface area contributed by atoms with Crippen molar-refractivity contribution in [3.8, 4) is 17.2 Å². The van der Waals surface area contributed by atoms with Gasteiger partial charge in [0.1, 0.15) is 17.1 Å². The Morgan fingerprint density at radius 3 is 2.42 bits per heavy atom. The SMILES string of the molecule is Cc1cccc(Oc2c(C(F)(F)F)oc3cc(OC(=O)C=Cc4cccc5ccccc45)ccc3c2=O)c1. The van der Waals surface area contributed by atoms with Crippen LogP contribution in [0.1, 0.15) is 16.9 Å². The fraction of sp³-hybridized carbons (Fsp3) is 0.0667. The lowest BCUT2D eigenvalue weighted by Crippen LogP contribution is -2.15. The smallest absolute Gasteiger partial charge is 0.449 e. The van der Waals surface area contributed by atoms with Crippen molar-refractivity contribution in [1.82, 2.24) is 0 Å². The summed E-state index contributed by atoms with van der Waals surface area (Å²) in [4.78, 5) is 25.4. The summed E-state index contributed by atoms with van der Waals surface area (Å²) in [7, 11) is 0. The maximum Gasteiger partial charge on any atom is 0.453 e. The van der Waals surface area contributed by atoms with Crippen molar-refractivity contribution in [2.24, 2.45) is 0 Å². The molecular weight excluding hydrogens is 497 g/mol. The van der Waals surface area contributed by atoms with Gasteiger partial charge in [0, 0.05) is 12.1 Å². The zero-order chi connectivity index (χ0) is 26.9. The molecule has 0 unspecified atom stereocenters. The van der Waals surface area contributed by atoms with Crippen LogP contribution in [-0.4, -0.2) is 5.97 Å². The molecule has 38 heavy (non-hydrogen) atoms. The van der Waals surface area contributed by atoms with Crippen LogP contribution in [-0.2, 0) is 11.0 Å². The average molecular weight is 516 g/mol. The van der Waals surface area contributed by atoms with E-state index in [1.807, 2.05) is 42.5 Å². The molecule has 0 atom stereocenters. The minimum atomic E-state index is -5.01. The van der Waals surface area contributed by atoms with Crippen molar-refractivity contribution < 1.29 is 31.9 Å². The molecule has 0 radical (unpaired) electrons. The van der Waals surface area contributed by atoms with E-state index in [9.17, 15) is 22.8 Å². The van der Waals surface area contributed by atoms with Crippen LogP contribution in [0.25, 0.3) is 27.8 Å². The maximum absolute atomic E-state index is 13.8. The second-order valence-corrected chi connectivity index (χ2v) is 8.49. The van der Waals surface area contributed by atoms with Gasteiger partial charge in [-0.25, -0.2) is 4.79 Å². The van der Waals surface area contributed by atoms with Gasteiger partial charge in [-0.2, -0.15) is 13.2 Å². The molecule has 190 valence electrons. The van der Waals surface area contributed by atoms with Crippen molar-refractivity contribution in [1.29, 1.82) is 0 Å². The zero-order valence-corrected chi connectivity index (χ0v) is 19.9.